The lowest BCUT2D eigenvalue weighted by molar-refractivity contribution is -0.112. The fourth-order valence-electron chi connectivity index (χ4n) is 1.98. The summed E-state index contributed by atoms with van der Waals surface area (Å²) >= 11 is 0. The van der Waals surface area contributed by atoms with E-state index in [4.69, 9.17) is 4.74 Å². The maximum Gasteiger partial charge on any atom is 0.152 e. The van der Waals surface area contributed by atoms with E-state index in [0.29, 0.717) is 0 Å². The van der Waals surface area contributed by atoms with E-state index in [-0.39, 0.29) is 5.78 Å². The van der Waals surface area contributed by atoms with Crippen molar-refractivity contribution < 1.29 is 9.53 Å². The van der Waals surface area contributed by atoms with Crippen molar-refractivity contribution in [2.24, 2.45) is 0 Å². The highest BCUT2D eigenvalue weighted by molar-refractivity contribution is 5.87. The van der Waals surface area contributed by atoms with Gasteiger partial charge in [0.25, 0.3) is 0 Å². The summed E-state index contributed by atoms with van der Waals surface area (Å²) in [7, 11) is 0. The third-order valence-electron chi connectivity index (χ3n) is 3.00. The van der Waals surface area contributed by atoms with E-state index in [2.05, 4.69) is 29.2 Å². The van der Waals surface area contributed by atoms with Gasteiger partial charge in [0.1, 0.15) is 0 Å². The van der Waals surface area contributed by atoms with Gasteiger partial charge in [0.05, 0.1) is 13.2 Å². The van der Waals surface area contributed by atoms with E-state index in [1.807, 2.05) is 12.2 Å². The smallest absolute Gasteiger partial charge is 0.152 e. The molecule has 3 heteroatoms. The number of carbonyl (C=O) groups is 1. The molecule has 0 aliphatic carbocycles. The van der Waals surface area contributed by atoms with Crippen LogP contribution in [0, 0.1) is 0 Å². The molecule has 3 nitrogen and oxygen atoms in total. The van der Waals surface area contributed by atoms with Gasteiger partial charge in [0.15, 0.2) is 5.78 Å². The normalized spacial score (nSPS) is 16.4. The molecule has 1 saturated heterocycles. The van der Waals surface area contributed by atoms with Gasteiger partial charge in [-0.3, -0.25) is 4.79 Å². The van der Waals surface area contributed by atoms with Crippen molar-refractivity contribution in [1.82, 2.24) is 0 Å². The zero-order valence-corrected chi connectivity index (χ0v) is 11.2. The number of ether oxygens (including phenoxy) is 1. The first kappa shape index (κ1) is 13.6. The lowest BCUT2D eigenvalue weighted by atomic mass is 10.1. The maximum atomic E-state index is 10.7. The Kier molecular flexibility index (Phi) is 4.93. The van der Waals surface area contributed by atoms with Crippen molar-refractivity contribution in [3.8, 4) is 0 Å². The zero-order chi connectivity index (χ0) is 13.5. The van der Waals surface area contributed by atoms with Gasteiger partial charge in [-0.25, -0.2) is 0 Å². The molecule has 0 radical (unpaired) electrons. The number of hydrogen-bond acceptors (Lipinski definition) is 3. The molecule has 0 amide bonds. The zero-order valence-electron chi connectivity index (χ0n) is 11.2. The van der Waals surface area contributed by atoms with Crippen LogP contribution in [-0.2, 0) is 9.53 Å². The van der Waals surface area contributed by atoms with Crippen LogP contribution in [0.3, 0.4) is 0 Å². The second-order valence-corrected chi connectivity index (χ2v) is 4.52. The quantitative estimate of drug-likeness (QED) is 0.613. The summed E-state index contributed by atoms with van der Waals surface area (Å²) in [5.41, 5.74) is 2.37. The van der Waals surface area contributed by atoms with Crippen LogP contribution < -0.4 is 4.90 Å². The Morgan fingerprint density at radius 1 is 1.16 bits per heavy atom. The molecule has 2 rings (SSSR count). The van der Waals surface area contributed by atoms with Crippen LogP contribution in [0.15, 0.2) is 42.5 Å². The summed E-state index contributed by atoms with van der Waals surface area (Å²) in [5.74, 6) is 0.0623. The van der Waals surface area contributed by atoms with Crippen molar-refractivity contribution in [1.29, 1.82) is 0 Å². The van der Waals surface area contributed by atoms with E-state index in [1.165, 1.54) is 5.69 Å². The summed E-state index contributed by atoms with van der Waals surface area (Å²) in [5, 5.41) is 0. The minimum Gasteiger partial charge on any atom is -0.378 e. The van der Waals surface area contributed by atoms with Crippen LogP contribution in [0.4, 0.5) is 5.69 Å². The van der Waals surface area contributed by atoms with Crippen LogP contribution >= 0.6 is 0 Å². The molecule has 1 aromatic rings. The lowest BCUT2D eigenvalue weighted by Gasteiger charge is -2.28. The van der Waals surface area contributed by atoms with Gasteiger partial charge in [0, 0.05) is 18.8 Å². The highest BCUT2D eigenvalue weighted by Crippen LogP contribution is 2.17. The Bertz CT molecular complexity index is 468. The van der Waals surface area contributed by atoms with Crippen molar-refractivity contribution in [3.63, 3.8) is 0 Å². The van der Waals surface area contributed by atoms with Gasteiger partial charge in [-0.1, -0.05) is 30.4 Å². The molecular formula is C16H19NO2. The number of ketones is 1. The molecule has 0 unspecified atom stereocenters. The minimum atomic E-state index is 0.0623. The first-order valence-electron chi connectivity index (χ1n) is 6.54. The molecular weight excluding hydrogens is 238 g/mol. The standard InChI is InChI=1S/C16H19NO2/c1-14(18)4-2-3-5-15-6-8-16(9-7-15)17-10-12-19-13-11-17/h2-9H,10-13H2,1H3. The second-order valence-electron chi connectivity index (χ2n) is 4.52. The average Bonchev–Trinajstić information content (AvgIpc) is 2.45. The first-order valence-corrected chi connectivity index (χ1v) is 6.54. The molecule has 1 fully saturated rings. The van der Waals surface area contributed by atoms with Gasteiger partial charge in [0.2, 0.25) is 0 Å². The SMILES string of the molecule is CC(=O)C=CC=Cc1ccc(N2CCOCC2)cc1. The molecule has 0 saturated carbocycles. The van der Waals surface area contributed by atoms with E-state index < -0.39 is 0 Å². The highest BCUT2D eigenvalue weighted by atomic mass is 16.5. The Balaban J connectivity index is 1.96. The Morgan fingerprint density at radius 3 is 2.47 bits per heavy atom. The third kappa shape index (κ3) is 4.38. The molecule has 1 aromatic carbocycles. The maximum absolute atomic E-state index is 10.7. The molecule has 19 heavy (non-hydrogen) atoms. The van der Waals surface area contributed by atoms with Crippen molar-refractivity contribution >= 4 is 17.5 Å². The van der Waals surface area contributed by atoms with Crippen LogP contribution in [-0.4, -0.2) is 32.1 Å². The number of morpholine rings is 1. The molecule has 1 aliphatic rings. The number of carbonyl (C=O) groups excluding carboxylic acids is 1. The van der Waals surface area contributed by atoms with E-state index in [9.17, 15) is 4.79 Å². The van der Waals surface area contributed by atoms with Gasteiger partial charge < -0.3 is 9.64 Å². The molecule has 0 aromatic heterocycles. The highest BCUT2D eigenvalue weighted by Gasteiger charge is 2.10. The Labute approximate surface area is 114 Å². The number of anilines is 1. The minimum absolute atomic E-state index is 0.0623. The van der Waals surface area contributed by atoms with Crippen LogP contribution in [0.25, 0.3) is 6.08 Å². The summed E-state index contributed by atoms with van der Waals surface area (Å²) in [6.45, 7) is 5.06. The lowest BCUT2D eigenvalue weighted by Crippen LogP contribution is -2.36. The first-order chi connectivity index (χ1) is 9.25. The van der Waals surface area contributed by atoms with E-state index in [1.54, 1.807) is 19.1 Å². The monoisotopic (exact) mass is 257 g/mol. The van der Waals surface area contributed by atoms with Crippen molar-refractivity contribution in [3.05, 3.63) is 48.1 Å². The van der Waals surface area contributed by atoms with Crippen LogP contribution in [0.1, 0.15) is 12.5 Å². The Morgan fingerprint density at radius 2 is 1.84 bits per heavy atom. The second kappa shape index (κ2) is 6.90. The Hall–Kier alpha value is -1.87. The fraction of sp³-hybridized carbons (Fsp3) is 0.312. The fourth-order valence-corrected chi connectivity index (χ4v) is 1.98. The van der Waals surface area contributed by atoms with Crippen LogP contribution in [0.2, 0.25) is 0 Å². The molecule has 0 atom stereocenters. The summed E-state index contributed by atoms with van der Waals surface area (Å²) in [6, 6.07) is 8.42. The van der Waals surface area contributed by atoms with Gasteiger partial charge in [-0.15, -0.1) is 0 Å². The third-order valence-corrected chi connectivity index (χ3v) is 3.00. The summed E-state index contributed by atoms with van der Waals surface area (Å²) < 4.78 is 5.34. The van der Waals surface area contributed by atoms with Gasteiger partial charge in [-0.05, 0) is 30.7 Å². The number of rotatable bonds is 4. The number of allylic oxidation sites excluding steroid dienone is 3. The topological polar surface area (TPSA) is 29.5 Å². The average molecular weight is 257 g/mol. The van der Waals surface area contributed by atoms with E-state index in [0.717, 1.165) is 31.9 Å². The number of benzene rings is 1. The van der Waals surface area contributed by atoms with E-state index >= 15 is 0 Å². The molecule has 1 aliphatic heterocycles. The van der Waals surface area contributed by atoms with Crippen molar-refractivity contribution in [2.75, 3.05) is 31.2 Å². The number of nitrogens with zero attached hydrogens (tertiary/aromatic N) is 1. The predicted molar refractivity (Wildman–Crippen MR) is 78.3 cm³/mol. The molecule has 100 valence electrons. The van der Waals surface area contributed by atoms with Crippen LogP contribution in [0.5, 0.6) is 0 Å². The molecule has 0 N–H and O–H groups in total. The van der Waals surface area contributed by atoms with Gasteiger partial charge >= 0.3 is 0 Å². The summed E-state index contributed by atoms with van der Waals surface area (Å²) in [6.07, 6.45) is 7.19. The summed E-state index contributed by atoms with van der Waals surface area (Å²) in [4.78, 5) is 13.1. The largest absolute Gasteiger partial charge is 0.378 e. The number of hydrogen-bond donors (Lipinski definition) is 0. The molecule has 0 spiro atoms. The molecule has 0 bridgehead atoms. The predicted octanol–water partition coefficient (Wildman–Crippen LogP) is 2.68. The molecule has 1 heterocycles. The van der Waals surface area contributed by atoms with Crippen molar-refractivity contribution in [2.45, 2.75) is 6.92 Å². The van der Waals surface area contributed by atoms with Gasteiger partial charge in [-0.2, -0.15) is 0 Å².